The SMILES string of the molecule is COC(=O)c1cc([N+](=O)[O-])ccc1N1CCN(Cc2cccc(O)c2)CC1. The van der Waals surface area contributed by atoms with E-state index in [0.717, 1.165) is 25.2 Å². The van der Waals surface area contributed by atoms with Crippen LogP contribution in [0, 0.1) is 10.1 Å². The molecule has 27 heavy (non-hydrogen) atoms. The largest absolute Gasteiger partial charge is 0.508 e. The van der Waals surface area contributed by atoms with E-state index in [2.05, 4.69) is 4.90 Å². The summed E-state index contributed by atoms with van der Waals surface area (Å²) in [4.78, 5) is 26.9. The lowest BCUT2D eigenvalue weighted by molar-refractivity contribution is -0.384. The zero-order valence-corrected chi connectivity index (χ0v) is 15.0. The molecule has 2 aromatic carbocycles. The Bertz CT molecular complexity index is 847. The zero-order chi connectivity index (χ0) is 19.4. The van der Waals surface area contributed by atoms with Crippen LogP contribution in [0.1, 0.15) is 15.9 Å². The van der Waals surface area contributed by atoms with E-state index in [1.165, 1.54) is 19.2 Å². The third-order valence-electron chi connectivity index (χ3n) is 4.63. The fourth-order valence-electron chi connectivity index (χ4n) is 3.25. The maximum Gasteiger partial charge on any atom is 0.340 e. The Labute approximate surface area is 156 Å². The summed E-state index contributed by atoms with van der Waals surface area (Å²) in [5.74, 6) is -0.337. The average molecular weight is 371 g/mol. The van der Waals surface area contributed by atoms with Crippen molar-refractivity contribution >= 4 is 17.3 Å². The molecule has 1 N–H and O–H groups in total. The van der Waals surface area contributed by atoms with Gasteiger partial charge in [0.2, 0.25) is 0 Å². The van der Waals surface area contributed by atoms with E-state index < -0.39 is 10.9 Å². The summed E-state index contributed by atoms with van der Waals surface area (Å²) in [6.07, 6.45) is 0. The third-order valence-corrected chi connectivity index (χ3v) is 4.63. The Hall–Kier alpha value is -3.13. The number of nitro groups is 1. The second kappa shape index (κ2) is 8.05. The van der Waals surface area contributed by atoms with Gasteiger partial charge >= 0.3 is 5.97 Å². The van der Waals surface area contributed by atoms with Crippen molar-refractivity contribution in [1.82, 2.24) is 4.90 Å². The van der Waals surface area contributed by atoms with Gasteiger partial charge in [0.05, 0.1) is 23.3 Å². The van der Waals surface area contributed by atoms with Gasteiger partial charge in [0.25, 0.3) is 5.69 Å². The number of rotatable bonds is 5. The zero-order valence-electron chi connectivity index (χ0n) is 15.0. The standard InChI is InChI=1S/C19H21N3O5/c1-27-19(24)17-12-15(22(25)26)5-6-18(17)21-9-7-20(8-10-21)13-14-3-2-4-16(23)11-14/h2-6,11-12,23H,7-10,13H2,1H3. The number of phenols is 1. The van der Waals surface area contributed by atoms with Gasteiger partial charge in [-0.2, -0.15) is 0 Å². The van der Waals surface area contributed by atoms with E-state index >= 15 is 0 Å². The van der Waals surface area contributed by atoms with Crippen molar-refractivity contribution in [3.8, 4) is 5.75 Å². The van der Waals surface area contributed by atoms with Gasteiger partial charge in [-0.25, -0.2) is 4.79 Å². The van der Waals surface area contributed by atoms with E-state index in [4.69, 9.17) is 4.74 Å². The van der Waals surface area contributed by atoms with Gasteiger partial charge in [0.1, 0.15) is 5.75 Å². The van der Waals surface area contributed by atoms with Gasteiger partial charge in [0.15, 0.2) is 0 Å². The topological polar surface area (TPSA) is 96.1 Å². The molecule has 0 spiro atoms. The molecule has 0 radical (unpaired) electrons. The molecule has 0 atom stereocenters. The van der Waals surface area contributed by atoms with Gasteiger partial charge in [-0.05, 0) is 23.8 Å². The predicted octanol–water partition coefficient (Wildman–Crippen LogP) is 2.41. The minimum absolute atomic E-state index is 0.137. The summed E-state index contributed by atoms with van der Waals surface area (Å²) in [6, 6.07) is 11.5. The van der Waals surface area contributed by atoms with Crippen LogP contribution >= 0.6 is 0 Å². The number of hydrogen-bond acceptors (Lipinski definition) is 7. The number of methoxy groups -OCH3 is 1. The first kappa shape index (κ1) is 18.7. The number of piperazine rings is 1. The first-order valence-corrected chi connectivity index (χ1v) is 8.60. The highest BCUT2D eigenvalue weighted by molar-refractivity contribution is 5.96. The number of hydrogen-bond donors (Lipinski definition) is 1. The number of nitrogens with zero attached hydrogens (tertiary/aromatic N) is 3. The van der Waals surface area contributed by atoms with Crippen molar-refractivity contribution in [2.24, 2.45) is 0 Å². The highest BCUT2D eigenvalue weighted by atomic mass is 16.6. The summed E-state index contributed by atoms with van der Waals surface area (Å²) in [7, 11) is 1.26. The monoisotopic (exact) mass is 371 g/mol. The molecule has 1 aliphatic rings. The number of carbonyl (C=O) groups is 1. The number of carbonyl (C=O) groups excluding carboxylic acids is 1. The number of anilines is 1. The van der Waals surface area contributed by atoms with Crippen LogP contribution in [0.4, 0.5) is 11.4 Å². The normalized spacial score (nSPS) is 14.8. The highest BCUT2D eigenvalue weighted by Gasteiger charge is 2.24. The Morgan fingerprint density at radius 2 is 1.93 bits per heavy atom. The van der Waals surface area contributed by atoms with Crippen LogP contribution < -0.4 is 4.90 Å². The summed E-state index contributed by atoms with van der Waals surface area (Å²) < 4.78 is 4.79. The van der Waals surface area contributed by atoms with Gasteiger partial charge in [-0.3, -0.25) is 15.0 Å². The maximum absolute atomic E-state index is 12.1. The van der Waals surface area contributed by atoms with Crippen LogP contribution in [0.15, 0.2) is 42.5 Å². The Morgan fingerprint density at radius 3 is 2.56 bits per heavy atom. The molecular formula is C19H21N3O5. The first-order valence-electron chi connectivity index (χ1n) is 8.60. The van der Waals surface area contributed by atoms with Gasteiger partial charge < -0.3 is 14.7 Å². The smallest absolute Gasteiger partial charge is 0.340 e. The van der Waals surface area contributed by atoms with Crippen molar-refractivity contribution in [3.05, 3.63) is 63.7 Å². The van der Waals surface area contributed by atoms with Gasteiger partial charge in [-0.15, -0.1) is 0 Å². The molecule has 0 bridgehead atoms. The maximum atomic E-state index is 12.1. The number of benzene rings is 2. The second-order valence-electron chi connectivity index (χ2n) is 6.38. The fourth-order valence-corrected chi connectivity index (χ4v) is 3.25. The third kappa shape index (κ3) is 4.35. The molecule has 1 saturated heterocycles. The molecule has 8 heteroatoms. The lowest BCUT2D eigenvalue weighted by atomic mass is 10.1. The molecule has 3 rings (SSSR count). The molecule has 0 amide bonds. The number of nitro benzene ring substituents is 1. The summed E-state index contributed by atoms with van der Waals surface area (Å²) in [5, 5.41) is 20.6. The highest BCUT2D eigenvalue weighted by Crippen LogP contribution is 2.27. The second-order valence-corrected chi connectivity index (χ2v) is 6.38. The van der Waals surface area contributed by atoms with Crippen molar-refractivity contribution < 1.29 is 19.6 Å². The minimum Gasteiger partial charge on any atom is -0.508 e. The van der Waals surface area contributed by atoms with E-state index in [1.807, 2.05) is 17.0 Å². The van der Waals surface area contributed by atoms with Crippen LogP contribution in [0.25, 0.3) is 0 Å². The van der Waals surface area contributed by atoms with Crippen molar-refractivity contribution in [1.29, 1.82) is 0 Å². The van der Waals surface area contributed by atoms with Crippen LogP contribution in [0.5, 0.6) is 5.75 Å². The molecule has 0 unspecified atom stereocenters. The summed E-state index contributed by atoms with van der Waals surface area (Å²) in [6.45, 7) is 3.63. The van der Waals surface area contributed by atoms with E-state index in [9.17, 15) is 20.0 Å². The Morgan fingerprint density at radius 1 is 1.19 bits per heavy atom. The number of ether oxygens (including phenoxy) is 1. The van der Waals surface area contributed by atoms with E-state index in [0.29, 0.717) is 18.8 Å². The quantitative estimate of drug-likeness (QED) is 0.490. The van der Waals surface area contributed by atoms with Crippen molar-refractivity contribution in [2.45, 2.75) is 6.54 Å². The summed E-state index contributed by atoms with van der Waals surface area (Å²) >= 11 is 0. The molecule has 0 saturated carbocycles. The lowest BCUT2D eigenvalue weighted by Gasteiger charge is -2.36. The predicted molar refractivity (Wildman–Crippen MR) is 100 cm³/mol. The molecular weight excluding hydrogens is 350 g/mol. The van der Waals surface area contributed by atoms with Crippen molar-refractivity contribution in [3.63, 3.8) is 0 Å². The van der Waals surface area contributed by atoms with E-state index in [-0.39, 0.29) is 17.0 Å². The first-order chi connectivity index (χ1) is 13.0. The molecule has 0 aromatic heterocycles. The molecule has 1 fully saturated rings. The fraction of sp³-hybridized carbons (Fsp3) is 0.316. The van der Waals surface area contributed by atoms with E-state index in [1.54, 1.807) is 18.2 Å². The molecule has 2 aromatic rings. The number of aromatic hydroxyl groups is 1. The molecule has 1 aliphatic heterocycles. The van der Waals surface area contributed by atoms with Crippen LogP contribution in [0.3, 0.4) is 0 Å². The average Bonchev–Trinajstić information content (AvgIpc) is 2.67. The van der Waals surface area contributed by atoms with Crippen LogP contribution in [-0.2, 0) is 11.3 Å². The molecule has 0 aliphatic carbocycles. The number of esters is 1. The molecule has 142 valence electrons. The number of non-ortho nitro benzene ring substituents is 1. The molecule has 8 nitrogen and oxygen atoms in total. The minimum atomic E-state index is -0.587. The Balaban J connectivity index is 1.71. The van der Waals surface area contributed by atoms with Gasteiger partial charge in [0, 0.05) is 44.9 Å². The van der Waals surface area contributed by atoms with Crippen LogP contribution in [0.2, 0.25) is 0 Å². The van der Waals surface area contributed by atoms with Crippen LogP contribution in [-0.4, -0.2) is 54.2 Å². The van der Waals surface area contributed by atoms with Crippen molar-refractivity contribution in [2.75, 3.05) is 38.2 Å². The lowest BCUT2D eigenvalue weighted by Crippen LogP contribution is -2.46. The number of phenolic OH excluding ortho intramolecular Hbond substituents is 1. The molecule has 1 heterocycles. The Kier molecular flexibility index (Phi) is 5.56. The van der Waals surface area contributed by atoms with Gasteiger partial charge in [-0.1, -0.05) is 12.1 Å². The summed E-state index contributed by atoms with van der Waals surface area (Å²) in [5.41, 5.74) is 1.74.